The number of amides is 1. The molecule has 0 spiro atoms. The highest BCUT2D eigenvalue weighted by Crippen LogP contribution is 2.15. The zero-order valence-electron chi connectivity index (χ0n) is 18.3. The summed E-state index contributed by atoms with van der Waals surface area (Å²) in [6, 6.07) is 23.8. The predicted molar refractivity (Wildman–Crippen MR) is 124 cm³/mol. The monoisotopic (exact) mass is 446 g/mol. The number of hydrogen-bond donors (Lipinski definition) is 2. The number of carboxylic acids is 1. The van der Waals surface area contributed by atoms with Crippen LogP contribution in [-0.4, -0.2) is 29.0 Å². The Morgan fingerprint density at radius 2 is 1.48 bits per heavy atom. The van der Waals surface area contributed by atoms with Gasteiger partial charge < -0.3 is 9.84 Å². The quantitative estimate of drug-likeness (QED) is 0.297. The number of carbonyl (C=O) groups excluding carboxylic acids is 2. The maximum Gasteiger partial charge on any atom is 0.399 e. The van der Waals surface area contributed by atoms with Gasteiger partial charge in [0.05, 0.1) is 5.69 Å². The lowest BCUT2D eigenvalue weighted by molar-refractivity contribution is -0.155. The van der Waals surface area contributed by atoms with E-state index in [4.69, 9.17) is 4.74 Å². The van der Waals surface area contributed by atoms with Crippen molar-refractivity contribution in [1.29, 1.82) is 0 Å². The molecule has 7 heteroatoms. The number of esters is 1. The van der Waals surface area contributed by atoms with E-state index >= 15 is 0 Å². The normalized spacial score (nSPS) is 11.4. The van der Waals surface area contributed by atoms with Gasteiger partial charge in [-0.25, -0.2) is 15.2 Å². The number of para-hydroxylation sites is 1. The smallest absolute Gasteiger partial charge is 0.399 e. The molecule has 0 saturated heterocycles. The molecule has 3 aromatic rings. The van der Waals surface area contributed by atoms with Crippen molar-refractivity contribution in [2.24, 2.45) is 0 Å². The van der Waals surface area contributed by atoms with Gasteiger partial charge >= 0.3 is 17.8 Å². The fraction of sp³-hybridized carbons (Fsp3) is 0.192. The van der Waals surface area contributed by atoms with Crippen LogP contribution < -0.4 is 10.4 Å². The van der Waals surface area contributed by atoms with Gasteiger partial charge in [-0.15, -0.1) is 0 Å². The van der Waals surface area contributed by atoms with Gasteiger partial charge in [0.25, 0.3) is 0 Å². The van der Waals surface area contributed by atoms with Gasteiger partial charge in [-0.05, 0) is 35.2 Å². The number of carboxylic acid groups (broad SMARTS) is 1. The average molecular weight is 447 g/mol. The molecule has 0 aliphatic carbocycles. The number of hydrogen-bond acceptors (Lipinski definition) is 5. The summed E-state index contributed by atoms with van der Waals surface area (Å²) in [5.41, 5.74) is 5.67. The van der Waals surface area contributed by atoms with Gasteiger partial charge in [-0.3, -0.25) is 9.59 Å². The zero-order chi connectivity index (χ0) is 23.6. The van der Waals surface area contributed by atoms with E-state index in [1.165, 1.54) is 0 Å². The van der Waals surface area contributed by atoms with Crippen LogP contribution in [0.15, 0.2) is 84.9 Å². The Labute approximate surface area is 192 Å². The van der Waals surface area contributed by atoms with E-state index in [0.29, 0.717) is 5.69 Å². The fourth-order valence-electron chi connectivity index (χ4n) is 3.26. The standard InChI is InChI=1S/C26H26N2O5/c1-2-19-12-9-13-21(16-19)17-23(25(30)31)27-28(22-14-7-4-8-15-22)24(29)26(32)33-18-20-10-5-3-6-11-20/h3-16,23,27H,2,17-18H2,1H3,(H,30,31). The Morgan fingerprint density at radius 1 is 0.879 bits per heavy atom. The lowest BCUT2D eigenvalue weighted by Crippen LogP contribution is -2.54. The number of aryl methyl sites for hydroxylation is 1. The molecule has 7 nitrogen and oxygen atoms in total. The molecule has 0 aromatic heterocycles. The molecule has 0 saturated carbocycles. The molecule has 1 atom stereocenters. The van der Waals surface area contributed by atoms with Crippen LogP contribution in [0.5, 0.6) is 0 Å². The molecular formula is C26H26N2O5. The molecule has 2 N–H and O–H groups in total. The first kappa shape index (κ1) is 23.7. The van der Waals surface area contributed by atoms with Crippen molar-refractivity contribution in [2.45, 2.75) is 32.4 Å². The van der Waals surface area contributed by atoms with Crippen LogP contribution >= 0.6 is 0 Å². The summed E-state index contributed by atoms with van der Waals surface area (Å²) in [6.45, 7) is 1.95. The van der Waals surface area contributed by atoms with Crippen molar-refractivity contribution < 1.29 is 24.2 Å². The Morgan fingerprint density at radius 3 is 2.12 bits per heavy atom. The van der Waals surface area contributed by atoms with Crippen LogP contribution in [0, 0.1) is 0 Å². The van der Waals surface area contributed by atoms with Crippen molar-refractivity contribution in [1.82, 2.24) is 5.43 Å². The number of benzene rings is 3. The van der Waals surface area contributed by atoms with Crippen molar-refractivity contribution in [3.63, 3.8) is 0 Å². The maximum atomic E-state index is 13.0. The van der Waals surface area contributed by atoms with Gasteiger partial charge in [0.1, 0.15) is 12.6 Å². The first-order valence-corrected chi connectivity index (χ1v) is 10.6. The highest BCUT2D eigenvalue weighted by Gasteiger charge is 2.30. The predicted octanol–water partition coefficient (Wildman–Crippen LogP) is 3.53. The Hall–Kier alpha value is -3.97. The Kier molecular flexibility index (Phi) is 8.32. The first-order chi connectivity index (χ1) is 16.0. The second kappa shape index (κ2) is 11.6. The SMILES string of the molecule is CCc1cccc(CC(NN(C(=O)C(=O)OCc2ccccc2)c2ccccc2)C(=O)O)c1. The highest BCUT2D eigenvalue weighted by atomic mass is 16.5. The van der Waals surface area contributed by atoms with Crippen LogP contribution in [0.25, 0.3) is 0 Å². The number of nitrogens with one attached hydrogen (secondary N) is 1. The Bertz CT molecular complexity index is 1090. The molecule has 0 fully saturated rings. The number of nitrogens with zero attached hydrogens (tertiary/aromatic N) is 1. The maximum absolute atomic E-state index is 13.0. The van der Waals surface area contributed by atoms with E-state index in [1.807, 2.05) is 37.3 Å². The average Bonchev–Trinajstić information content (AvgIpc) is 2.85. The van der Waals surface area contributed by atoms with Crippen LogP contribution in [0.2, 0.25) is 0 Å². The first-order valence-electron chi connectivity index (χ1n) is 10.6. The number of anilines is 1. The number of hydrazine groups is 1. The summed E-state index contributed by atoms with van der Waals surface area (Å²) < 4.78 is 5.17. The molecule has 0 heterocycles. The third kappa shape index (κ3) is 6.75. The van der Waals surface area contributed by atoms with E-state index in [2.05, 4.69) is 5.43 Å². The molecule has 1 unspecified atom stereocenters. The molecule has 0 bridgehead atoms. The number of carbonyl (C=O) groups is 3. The molecule has 3 aromatic carbocycles. The summed E-state index contributed by atoms with van der Waals surface area (Å²) in [6.07, 6.45) is 0.944. The van der Waals surface area contributed by atoms with E-state index in [0.717, 1.165) is 28.1 Å². The van der Waals surface area contributed by atoms with Crippen molar-refractivity contribution in [3.05, 3.63) is 102 Å². The van der Waals surface area contributed by atoms with E-state index in [-0.39, 0.29) is 13.0 Å². The second-order valence-electron chi connectivity index (χ2n) is 7.44. The van der Waals surface area contributed by atoms with Crippen LogP contribution in [0.3, 0.4) is 0 Å². The van der Waals surface area contributed by atoms with Gasteiger partial charge in [-0.2, -0.15) is 0 Å². The zero-order valence-corrected chi connectivity index (χ0v) is 18.3. The van der Waals surface area contributed by atoms with Gasteiger partial charge in [0.2, 0.25) is 0 Å². The van der Waals surface area contributed by atoms with Crippen molar-refractivity contribution >= 4 is 23.5 Å². The third-order valence-electron chi connectivity index (χ3n) is 5.03. The molecule has 0 radical (unpaired) electrons. The molecule has 33 heavy (non-hydrogen) atoms. The van der Waals surface area contributed by atoms with Crippen LogP contribution in [0.1, 0.15) is 23.6 Å². The minimum atomic E-state index is -1.15. The fourth-order valence-corrected chi connectivity index (χ4v) is 3.26. The number of rotatable bonds is 9. The van der Waals surface area contributed by atoms with Gasteiger partial charge in [-0.1, -0.05) is 79.7 Å². The van der Waals surface area contributed by atoms with Crippen LogP contribution in [-0.2, 0) is 38.6 Å². The van der Waals surface area contributed by atoms with Gasteiger partial charge in [0.15, 0.2) is 0 Å². The number of aliphatic carboxylic acids is 1. The largest absolute Gasteiger partial charge is 0.480 e. The number of ether oxygens (including phenoxy) is 1. The van der Waals surface area contributed by atoms with Crippen LogP contribution in [0.4, 0.5) is 5.69 Å². The third-order valence-corrected chi connectivity index (χ3v) is 5.03. The van der Waals surface area contributed by atoms with Gasteiger partial charge in [0, 0.05) is 6.42 Å². The lowest BCUT2D eigenvalue weighted by Gasteiger charge is -2.26. The van der Waals surface area contributed by atoms with E-state index < -0.39 is 23.9 Å². The summed E-state index contributed by atoms with van der Waals surface area (Å²) in [5.74, 6) is -3.25. The molecular weight excluding hydrogens is 420 g/mol. The second-order valence-corrected chi connectivity index (χ2v) is 7.44. The molecule has 0 aliphatic heterocycles. The minimum absolute atomic E-state index is 0.0692. The summed E-state index contributed by atoms with van der Waals surface area (Å²) in [5, 5.41) is 10.8. The molecule has 1 amide bonds. The van der Waals surface area contributed by atoms with Crippen molar-refractivity contribution in [2.75, 3.05) is 5.01 Å². The summed E-state index contributed by atoms with van der Waals surface area (Å²) in [7, 11) is 0. The topological polar surface area (TPSA) is 95.9 Å². The van der Waals surface area contributed by atoms with E-state index in [1.54, 1.807) is 54.6 Å². The summed E-state index contributed by atoms with van der Waals surface area (Å²) >= 11 is 0. The van der Waals surface area contributed by atoms with Crippen molar-refractivity contribution in [3.8, 4) is 0 Å². The van der Waals surface area contributed by atoms with E-state index in [9.17, 15) is 19.5 Å². The Balaban J connectivity index is 1.79. The summed E-state index contributed by atoms with van der Waals surface area (Å²) in [4.78, 5) is 37.5. The molecule has 3 rings (SSSR count). The lowest BCUT2D eigenvalue weighted by atomic mass is 10.0. The molecule has 170 valence electrons. The highest BCUT2D eigenvalue weighted by molar-refractivity contribution is 6.37. The minimum Gasteiger partial charge on any atom is -0.480 e. The molecule has 0 aliphatic rings.